The molecule has 0 aliphatic heterocycles. The Hall–Kier alpha value is -2.28. The van der Waals surface area contributed by atoms with Crippen molar-refractivity contribution in [3.8, 4) is 0 Å². The third kappa shape index (κ3) is 4.42. The fraction of sp³-hybridized carbons (Fsp3) is 0. The van der Waals surface area contributed by atoms with E-state index in [2.05, 4.69) is 15.0 Å². The molecule has 0 radical (unpaired) electrons. The van der Waals surface area contributed by atoms with Gasteiger partial charge < -0.3 is 5.32 Å². The number of rotatable bonds is 5. The summed E-state index contributed by atoms with van der Waals surface area (Å²) in [7, 11) is -3.66. The fourth-order valence-electron chi connectivity index (χ4n) is 2.06. The van der Waals surface area contributed by atoms with Gasteiger partial charge in [0.25, 0.3) is 10.0 Å². The van der Waals surface area contributed by atoms with Crippen LogP contribution >= 0.6 is 23.2 Å². The molecule has 3 rings (SSSR count). The molecule has 0 saturated carbocycles. The lowest BCUT2D eigenvalue weighted by Crippen LogP contribution is -2.13. The summed E-state index contributed by atoms with van der Waals surface area (Å²) in [5.41, 5.74) is 1.43. The lowest BCUT2D eigenvalue weighted by Gasteiger charge is -2.10. The number of halogens is 2. The van der Waals surface area contributed by atoms with Gasteiger partial charge in [-0.2, -0.15) is 0 Å². The normalized spacial score (nSPS) is 11.1. The van der Waals surface area contributed by atoms with E-state index < -0.39 is 10.0 Å². The van der Waals surface area contributed by atoms with E-state index in [0.29, 0.717) is 15.7 Å². The maximum Gasteiger partial charge on any atom is 0.263 e. The van der Waals surface area contributed by atoms with Gasteiger partial charge in [-0.15, -0.1) is 0 Å². The second kappa shape index (κ2) is 7.31. The summed E-state index contributed by atoms with van der Waals surface area (Å²) in [5, 5.41) is 4.02. The van der Waals surface area contributed by atoms with Crippen molar-refractivity contribution >= 4 is 50.4 Å². The van der Waals surface area contributed by atoms with Crippen LogP contribution in [0.2, 0.25) is 10.0 Å². The molecule has 3 aromatic rings. The average molecular weight is 394 g/mol. The molecule has 0 aliphatic carbocycles. The summed E-state index contributed by atoms with van der Waals surface area (Å²) >= 11 is 11.9. The monoisotopic (exact) mass is 393 g/mol. The molecule has 0 aliphatic rings. The lowest BCUT2D eigenvalue weighted by atomic mass is 10.3. The molecule has 0 unspecified atom stereocenters. The van der Waals surface area contributed by atoms with E-state index in [1.807, 2.05) is 0 Å². The van der Waals surface area contributed by atoms with Gasteiger partial charge in [0.1, 0.15) is 5.82 Å². The standard InChI is InChI=1S/C17H13Cl2N3O2S/c18-15-8-6-12(10-16(15)19)21-13-7-9-17(20-11-13)22-25(23,24)14-4-2-1-3-5-14/h1-11,21H,(H,20,22). The van der Waals surface area contributed by atoms with Crippen LogP contribution in [0.5, 0.6) is 0 Å². The zero-order valence-electron chi connectivity index (χ0n) is 12.8. The molecule has 1 aromatic heterocycles. The number of hydrogen-bond acceptors (Lipinski definition) is 4. The number of anilines is 3. The molecule has 0 fully saturated rings. The van der Waals surface area contributed by atoms with Crippen molar-refractivity contribution in [3.05, 3.63) is 76.9 Å². The number of pyridine rings is 1. The summed E-state index contributed by atoms with van der Waals surface area (Å²) in [6.45, 7) is 0. The molecule has 0 amide bonds. The van der Waals surface area contributed by atoms with E-state index in [1.54, 1.807) is 48.5 Å². The zero-order chi connectivity index (χ0) is 17.9. The number of aromatic nitrogens is 1. The number of benzene rings is 2. The maximum atomic E-state index is 12.3. The van der Waals surface area contributed by atoms with Crippen LogP contribution in [-0.2, 0) is 10.0 Å². The first kappa shape index (κ1) is 17.5. The summed E-state index contributed by atoms with van der Waals surface area (Å²) in [6.07, 6.45) is 1.52. The number of sulfonamides is 1. The SMILES string of the molecule is O=S(=O)(Nc1ccc(Nc2ccc(Cl)c(Cl)c2)cn1)c1ccccc1. The van der Waals surface area contributed by atoms with Crippen LogP contribution in [0.3, 0.4) is 0 Å². The summed E-state index contributed by atoms with van der Waals surface area (Å²) in [4.78, 5) is 4.29. The van der Waals surface area contributed by atoms with Crippen LogP contribution in [0, 0.1) is 0 Å². The van der Waals surface area contributed by atoms with Crippen molar-refractivity contribution < 1.29 is 8.42 Å². The molecule has 2 aromatic carbocycles. The molecule has 2 N–H and O–H groups in total. The molecule has 1 heterocycles. The van der Waals surface area contributed by atoms with E-state index in [1.165, 1.54) is 18.3 Å². The van der Waals surface area contributed by atoms with E-state index in [0.717, 1.165) is 5.69 Å². The molecule has 0 spiro atoms. The molecule has 25 heavy (non-hydrogen) atoms. The third-order valence-electron chi connectivity index (χ3n) is 3.26. The van der Waals surface area contributed by atoms with Gasteiger partial charge >= 0.3 is 0 Å². The van der Waals surface area contributed by atoms with Crippen LogP contribution < -0.4 is 10.0 Å². The van der Waals surface area contributed by atoms with E-state index in [9.17, 15) is 8.42 Å². The molecular formula is C17H13Cl2N3O2S. The van der Waals surface area contributed by atoms with Gasteiger partial charge in [0, 0.05) is 5.69 Å². The molecule has 128 valence electrons. The molecule has 8 heteroatoms. The minimum Gasteiger partial charge on any atom is -0.354 e. The fourth-order valence-corrected chi connectivity index (χ4v) is 3.39. The lowest BCUT2D eigenvalue weighted by molar-refractivity contribution is 0.601. The highest BCUT2D eigenvalue weighted by Crippen LogP contribution is 2.27. The average Bonchev–Trinajstić information content (AvgIpc) is 2.60. The van der Waals surface area contributed by atoms with Crippen molar-refractivity contribution in [2.45, 2.75) is 4.90 Å². The molecule has 5 nitrogen and oxygen atoms in total. The molecule has 0 bridgehead atoms. The van der Waals surface area contributed by atoms with Crippen LogP contribution in [0.25, 0.3) is 0 Å². The Morgan fingerprint density at radius 3 is 2.20 bits per heavy atom. The highest BCUT2D eigenvalue weighted by Gasteiger charge is 2.13. The summed E-state index contributed by atoms with van der Waals surface area (Å²) in [6, 6.07) is 16.5. The van der Waals surface area contributed by atoms with E-state index in [4.69, 9.17) is 23.2 Å². The van der Waals surface area contributed by atoms with E-state index in [-0.39, 0.29) is 10.7 Å². The van der Waals surface area contributed by atoms with Crippen LogP contribution in [0.4, 0.5) is 17.2 Å². The zero-order valence-corrected chi connectivity index (χ0v) is 15.1. The highest BCUT2D eigenvalue weighted by molar-refractivity contribution is 7.92. The minimum absolute atomic E-state index is 0.176. The van der Waals surface area contributed by atoms with Gasteiger partial charge in [0.05, 0.1) is 26.8 Å². The van der Waals surface area contributed by atoms with Crippen molar-refractivity contribution in [3.63, 3.8) is 0 Å². The van der Waals surface area contributed by atoms with Gasteiger partial charge in [0.15, 0.2) is 0 Å². The van der Waals surface area contributed by atoms with Crippen molar-refractivity contribution in [1.82, 2.24) is 4.98 Å². The second-order valence-corrected chi connectivity index (χ2v) is 7.60. The summed E-state index contributed by atoms with van der Waals surface area (Å²) < 4.78 is 26.9. The number of nitrogens with one attached hydrogen (secondary N) is 2. The smallest absolute Gasteiger partial charge is 0.263 e. The van der Waals surface area contributed by atoms with Crippen LogP contribution in [0.15, 0.2) is 71.8 Å². The first-order valence-corrected chi connectivity index (χ1v) is 9.44. The van der Waals surface area contributed by atoms with Crippen molar-refractivity contribution in [1.29, 1.82) is 0 Å². The van der Waals surface area contributed by atoms with Crippen LogP contribution in [0.1, 0.15) is 0 Å². The van der Waals surface area contributed by atoms with Gasteiger partial charge in [-0.05, 0) is 42.5 Å². The molecule has 0 atom stereocenters. The number of nitrogens with zero attached hydrogens (tertiary/aromatic N) is 1. The summed E-state index contributed by atoms with van der Waals surface area (Å²) in [5.74, 6) is 0.226. The van der Waals surface area contributed by atoms with E-state index >= 15 is 0 Å². The highest BCUT2D eigenvalue weighted by atomic mass is 35.5. The predicted octanol–water partition coefficient (Wildman–Crippen LogP) is 4.93. The van der Waals surface area contributed by atoms with Crippen LogP contribution in [-0.4, -0.2) is 13.4 Å². The molecular weight excluding hydrogens is 381 g/mol. The quantitative estimate of drug-likeness (QED) is 0.644. The first-order chi connectivity index (χ1) is 11.9. The first-order valence-electron chi connectivity index (χ1n) is 7.20. The minimum atomic E-state index is -3.66. The Bertz CT molecular complexity index is 979. The van der Waals surface area contributed by atoms with Gasteiger partial charge in [0.2, 0.25) is 0 Å². The Balaban J connectivity index is 1.73. The second-order valence-electron chi connectivity index (χ2n) is 5.10. The number of hydrogen-bond donors (Lipinski definition) is 2. The Labute approximate surface area is 155 Å². The topological polar surface area (TPSA) is 71.1 Å². The van der Waals surface area contributed by atoms with Gasteiger partial charge in [-0.1, -0.05) is 41.4 Å². The van der Waals surface area contributed by atoms with Crippen molar-refractivity contribution in [2.24, 2.45) is 0 Å². The van der Waals surface area contributed by atoms with Gasteiger partial charge in [-0.3, -0.25) is 4.72 Å². The Kier molecular flexibility index (Phi) is 5.13. The van der Waals surface area contributed by atoms with Gasteiger partial charge in [-0.25, -0.2) is 13.4 Å². The Morgan fingerprint density at radius 1 is 0.840 bits per heavy atom. The van der Waals surface area contributed by atoms with Crippen molar-refractivity contribution in [2.75, 3.05) is 10.0 Å². The molecule has 0 saturated heterocycles. The third-order valence-corrected chi connectivity index (χ3v) is 5.37. The predicted molar refractivity (Wildman–Crippen MR) is 101 cm³/mol. The largest absolute Gasteiger partial charge is 0.354 e. The maximum absolute atomic E-state index is 12.3. The Morgan fingerprint density at radius 2 is 1.56 bits per heavy atom.